The van der Waals surface area contributed by atoms with Crippen molar-refractivity contribution in [3.05, 3.63) is 107 Å². The summed E-state index contributed by atoms with van der Waals surface area (Å²) in [4.78, 5) is 47.2. The van der Waals surface area contributed by atoms with Crippen molar-refractivity contribution in [1.82, 2.24) is 15.3 Å². The Bertz CT molecular complexity index is 2050. The number of carbonyl (C=O) groups is 2. The third kappa shape index (κ3) is 5.97. The van der Waals surface area contributed by atoms with Gasteiger partial charge in [0.25, 0.3) is 0 Å². The molecule has 1 unspecified atom stereocenters. The summed E-state index contributed by atoms with van der Waals surface area (Å²) >= 11 is 0. The van der Waals surface area contributed by atoms with E-state index >= 15 is 0 Å². The van der Waals surface area contributed by atoms with E-state index in [1.165, 1.54) is 18.4 Å². The van der Waals surface area contributed by atoms with Crippen LogP contribution >= 0.6 is 0 Å². The number of aromatic nitrogens is 2. The predicted molar refractivity (Wildman–Crippen MR) is 164 cm³/mol. The summed E-state index contributed by atoms with van der Waals surface area (Å²) in [5.74, 6) is -0.540. The van der Waals surface area contributed by atoms with Crippen molar-refractivity contribution in [2.45, 2.75) is 38.8 Å². The normalized spacial score (nSPS) is 12.3. The highest BCUT2D eigenvalue weighted by molar-refractivity contribution is 5.88. The third-order valence-electron chi connectivity index (χ3n) is 6.91. The fourth-order valence-electron chi connectivity index (χ4n) is 4.92. The second kappa shape index (κ2) is 11.1. The van der Waals surface area contributed by atoms with E-state index in [2.05, 4.69) is 15.3 Å². The van der Waals surface area contributed by atoms with Gasteiger partial charge in [-0.25, -0.2) is 14.6 Å². The van der Waals surface area contributed by atoms with Gasteiger partial charge in [0.2, 0.25) is 5.43 Å². The van der Waals surface area contributed by atoms with Crippen LogP contribution in [-0.2, 0) is 16.0 Å². The number of fused-ring (bicyclic) bond motifs is 3. The zero-order valence-corrected chi connectivity index (χ0v) is 23.8. The first kappa shape index (κ1) is 27.7. The van der Waals surface area contributed by atoms with Crippen LogP contribution in [0, 0.1) is 0 Å². The number of carbonyl (C=O) groups excluding carboxylic acids is 2. The molecule has 0 aliphatic carbocycles. The lowest BCUT2D eigenvalue weighted by atomic mass is 10.1. The number of hydrogen-bond donors (Lipinski definition) is 2. The summed E-state index contributed by atoms with van der Waals surface area (Å²) in [6.45, 7) is 5.22. The molecule has 216 valence electrons. The van der Waals surface area contributed by atoms with Gasteiger partial charge in [-0.3, -0.25) is 4.79 Å². The number of benzene rings is 3. The maximum atomic E-state index is 13.4. The quantitative estimate of drug-likeness (QED) is 0.171. The van der Waals surface area contributed by atoms with E-state index in [4.69, 9.17) is 13.9 Å². The first-order valence-corrected chi connectivity index (χ1v) is 13.8. The number of rotatable bonds is 6. The zero-order chi connectivity index (χ0) is 30.1. The van der Waals surface area contributed by atoms with Gasteiger partial charge < -0.3 is 24.2 Å². The van der Waals surface area contributed by atoms with Gasteiger partial charge in [0.1, 0.15) is 29.2 Å². The van der Waals surface area contributed by atoms with Crippen LogP contribution in [0.3, 0.4) is 0 Å². The molecule has 0 bridgehead atoms. The minimum absolute atomic E-state index is 0.159. The number of aromatic amines is 1. The molecule has 3 aromatic carbocycles. The average molecular weight is 576 g/mol. The van der Waals surface area contributed by atoms with Crippen molar-refractivity contribution in [1.29, 1.82) is 0 Å². The van der Waals surface area contributed by atoms with E-state index in [1.807, 2.05) is 54.6 Å². The van der Waals surface area contributed by atoms with Crippen LogP contribution in [0.15, 0.2) is 101 Å². The molecule has 9 nitrogen and oxygen atoms in total. The molecule has 0 radical (unpaired) electrons. The molecule has 0 saturated heterocycles. The number of pyridine rings is 1. The van der Waals surface area contributed by atoms with Crippen molar-refractivity contribution in [2.75, 3.05) is 0 Å². The maximum Gasteiger partial charge on any atom is 0.408 e. The van der Waals surface area contributed by atoms with E-state index in [0.717, 1.165) is 27.4 Å². The van der Waals surface area contributed by atoms with Crippen molar-refractivity contribution in [2.24, 2.45) is 0 Å². The van der Waals surface area contributed by atoms with Gasteiger partial charge in [-0.15, -0.1) is 0 Å². The zero-order valence-electron chi connectivity index (χ0n) is 23.8. The van der Waals surface area contributed by atoms with Crippen LogP contribution in [0.4, 0.5) is 4.79 Å². The molecular formula is C34H29N3O6. The Kier molecular flexibility index (Phi) is 7.15. The lowest BCUT2D eigenvalue weighted by molar-refractivity contribution is -0.136. The highest BCUT2D eigenvalue weighted by Crippen LogP contribution is 2.25. The minimum atomic E-state index is -1.06. The lowest BCUT2D eigenvalue weighted by Gasteiger charge is -2.23. The van der Waals surface area contributed by atoms with Crippen molar-refractivity contribution in [3.8, 4) is 17.0 Å². The molecular weight excluding hydrogens is 546 g/mol. The molecule has 0 aliphatic heterocycles. The Balaban J connectivity index is 1.26. The summed E-state index contributed by atoms with van der Waals surface area (Å²) in [6, 6.07) is 22.5. The van der Waals surface area contributed by atoms with Crippen molar-refractivity contribution in [3.63, 3.8) is 0 Å². The largest absolute Gasteiger partial charge is 0.463 e. The molecule has 9 heteroatoms. The molecule has 1 amide bonds. The summed E-state index contributed by atoms with van der Waals surface area (Å²) in [7, 11) is 0. The molecule has 0 saturated carbocycles. The summed E-state index contributed by atoms with van der Waals surface area (Å²) < 4.78 is 16.9. The third-order valence-corrected chi connectivity index (χ3v) is 6.91. The molecule has 3 heterocycles. The fraction of sp³-hybridized carbons (Fsp3) is 0.176. The molecule has 3 aromatic heterocycles. The average Bonchev–Trinajstić information content (AvgIpc) is 3.38. The van der Waals surface area contributed by atoms with E-state index in [-0.39, 0.29) is 23.2 Å². The molecule has 1 atom stereocenters. The maximum absolute atomic E-state index is 13.4. The Hall–Kier alpha value is -5.44. The van der Waals surface area contributed by atoms with Crippen molar-refractivity contribution < 1.29 is 23.5 Å². The van der Waals surface area contributed by atoms with E-state index in [1.54, 1.807) is 39.1 Å². The molecule has 0 aliphatic rings. The standard InChI is InChI=1S/C34H29N3O6/c1-34(2,3)43-33(40)37-29(16-21-18-35-27-11-7-5-9-23(21)27)32(39)42-22-13-14-24-30(17-22)41-19-25(31(24)38)28-15-12-20-8-4-6-10-26(20)36-28/h4-15,17-19,29,35H,16H2,1-3H3,(H,37,40). The van der Waals surface area contributed by atoms with Gasteiger partial charge in [0.05, 0.1) is 22.2 Å². The van der Waals surface area contributed by atoms with Crippen LogP contribution in [0.1, 0.15) is 26.3 Å². The number of nitrogens with zero attached hydrogens (tertiary/aromatic N) is 1. The monoisotopic (exact) mass is 575 g/mol. The number of hydrogen-bond acceptors (Lipinski definition) is 7. The number of alkyl carbamates (subject to hydrolysis) is 1. The van der Waals surface area contributed by atoms with Gasteiger partial charge in [0.15, 0.2) is 0 Å². The first-order chi connectivity index (χ1) is 20.6. The molecule has 0 fully saturated rings. The van der Waals surface area contributed by atoms with E-state index < -0.39 is 23.7 Å². The number of amides is 1. The smallest absolute Gasteiger partial charge is 0.408 e. The fourth-order valence-corrected chi connectivity index (χ4v) is 4.92. The first-order valence-electron chi connectivity index (χ1n) is 13.8. The second-order valence-corrected chi connectivity index (χ2v) is 11.2. The van der Waals surface area contributed by atoms with Gasteiger partial charge in [-0.05, 0) is 56.7 Å². The highest BCUT2D eigenvalue weighted by atomic mass is 16.6. The number of ether oxygens (including phenoxy) is 2. The molecule has 6 aromatic rings. The number of para-hydroxylation sites is 2. The Labute approximate surface area is 246 Å². The summed E-state index contributed by atoms with van der Waals surface area (Å²) in [6.07, 6.45) is 2.58. The summed E-state index contributed by atoms with van der Waals surface area (Å²) in [5, 5.41) is 4.86. The van der Waals surface area contributed by atoms with Crippen LogP contribution in [0.5, 0.6) is 5.75 Å². The Morgan fingerprint density at radius 1 is 0.977 bits per heavy atom. The van der Waals surface area contributed by atoms with Crippen molar-refractivity contribution >= 4 is 44.8 Å². The number of H-pyrrole nitrogens is 1. The Morgan fingerprint density at radius 3 is 2.60 bits per heavy atom. The predicted octanol–water partition coefficient (Wildman–Crippen LogP) is 6.53. The van der Waals surface area contributed by atoms with Crippen LogP contribution in [0.25, 0.3) is 44.0 Å². The molecule has 43 heavy (non-hydrogen) atoms. The minimum Gasteiger partial charge on any atom is -0.463 e. The van der Waals surface area contributed by atoms with Crippen LogP contribution in [-0.4, -0.2) is 33.7 Å². The summed E-state index contributed by atoms with van der Waals surface area (Å²) in [5.41, 5.74) is 2.55. The lowest BCUT2D eigenvalue weighted by Crippen LogP contribution is -2.46. The molecule has 0 spiro atoms. The van der Waals surface area contributed by atoms with Gasteiger partial charge in [-0.2, -0.15) is 0 Å². The highest BCUT2D eigenvalue weighted by Gasteiger charge is 2.27. The van der Waals surface area contributed by atoms with Crippen LogP contribution in [0.2, 0.25) is 0 Å². The van der Waals surface area contributed by atoms with Gasteiger partial charge >= 0.3 is 12.1 Å². The van der Waals surface area contributed by atoms with Gasteiger partial charge in [0, 0.05) is 35.0 Å². The Morgan fingerprint density at radius 2 is 1.77 bits per heavy atom. The topological polar surface area (TPSA) is 124 Å². The van der Waals surface area contributed by atoms with Crippen LogP contribution < -0.4 is 15.5 Å². The van der Waals surface area contributed by atoms with E-state index in [0.29, 0.717) is 16.6 Å². The molecule has 6 rings (SSSR count). The SMILES string of the molecule is CC(C)(C)OC(=O)NC(Cc1c[nH]c2ccccc12)C(=O)Oc1ccc2c(=O)c(-c3ccc4ccccc4n3)coc2c1. The number of esters is 1. The van der Waals surface area contributed by atoms with Gasteiger partial charge in [-0.1, -0.05) is 42.5 Å². The van der Waals surface area contributed by atoms with E-state index in [9.17, 15) is 14.4 Å². The second-order valence-electron chi connectivity index (χ2n) is 11.2. The molecule has 2 N–H and O–H groups in total. The number of nitrogens with one attached hydrogen (secondary N) is 2.